The predicted molar refractivity (Wildman–Crippen MR) is 97.1 cm³/mol. The minimum absolute atomic E-state index is 0.0731. The van der Waals surface area contributed by atoms with Crippen LogP contribution in [0.25, 0.3) is 11.1 Å². The first-order valence-corrected chi connectivity index (χ1v) is 8.91. The topological polar surface area (TPSA) is 92.8 Å². The van der Waals surface area contributed by atoms with Crippen LogP contribution < -0.4 is 0 Å². The highest BCUT2D eigenvalue weighted by atomic mass is 19.1. The van der Waals surface area contributed by atoms with Crippen LogP contribution in [0.2, 0.25) is 0 Å². The second-order valence-electron chi connectivity index (χ2n) is 6.85. The molecule has 0 aliphatic carbocycles. The van der Waals surface area contributed by atoms with Crippen LogP contribution in [0.3, 0.4) is 0 Å². The number of oxazole rings is 1. The van der Waals surface area contributed by atoms with Crippen molar-refractivity contribution in [2.75, 3.05) is 6.54 Å². The number of benzene rings is 1. The van der Waals surface area contributed by atoms with Crippen molar-refractivity contribution in [2.24, 2.45) is 7.05 Å². The molecule has 3 aromatic heterocycles. The lowest BCUT2D eigenvalue weighted by molar-refractivity contribution is 0.0656. The molecule has 0 fully saturated rings. The number of carbonyl (C=O) groups is 1. The molecular formula is C19H17FN6O2. The Morgan fingerprint density at radius 3 is 3.00 bits per heavy atom. The Balaban J connectivity index is 1.65. The van der Waals surface area contributed by atoms with Gasteiger partial charge in [-0.25, -0.2) is 14.4 Å². The first-order chi connectivity index (χ1) is 13.5. The maximum absolute atomic E-state index is 14.1. The van der Waals surface area contributed by atoms with Crippen molar-refractivity contribution in [2.45, 2.75) is 19.4 Å². The summed E-state index contributed by atoms with van der Waals surface area (Å²) >= 11 is 0. The summed E-state index contributed by atoms with van der Waals surface area (Å²) in [6.07, 6.45) is 2.21. The molecule has 0 saturated carbocycles. The number of para-hydroxylation sites is 1. The molecular weight excluding hydrogens is 363 g/mol. The van der Waals surface area contributed by atoms with E-state index in [4.69, 9.17) is 4.42 Å². The maximum atomic E-state index is 14.1. The van der Waals surface area contributed by atoms with Gasteiger partial charge in [0.2, 0.25) is 5.89 Å². The Morgan fingerprint density at radius 2 is 2.25 bits per heavy atom. The Hall–Kier alpha value is -3.49. The zero-order chi connectivity index (χ0) is 19.4. The van der Waals surface area contributed by atoms with Gasteiger partial charge in [0.15, 0.2) is 17.4 Å². The number of fused-ring (bicyclic) bond motifs is 2. The van der Waals surface area contributed by atoms with Crippen LogP contribution >= 0.6 is 0 Å². The third-order valence-corrected chi connectivity index (χ3v) is 5.02. The first kappa shape index (κ1) is 16.7. The van der Waals surface area contributed by atoms with Crippen LogP contribution in [0, 0.1) is 12.7 Å². The smallest absolute Gasteiger partial charge is 0.273 e. The molecule has 0 bridgehead atoms. The van der Waals surface area contributed by atoms with Crippen molar-refractivity contribution in [3.8, 4) is 0 Å². The van der Waals surface area contributed by atoms with Gasteiger partial charge in [0.1, 0.15) is 11.2 Å². The number of aryl methyl sites for hydroxylation is 2. The molecule has 142 valence electrons. The zero-order valence-electron chi connectivity index (χ0n) is 15.3. The fourth-order valence-corrected chi connectivity index (χ4v) is 3.75. The third-order valence-electron chi connectivity index (χ3n) is 5.02. The van der Waals surface area contributed by atoms with Gasteiger partial charge in [-0.1, -0.05) is 6.07 Å². The van der Waals surface area contributed by atoms with Gasteiger partial charge in [-0.15, -0.1) is 0 Å². The number of nitrogens with one attached hydrogen (secondary N) is 1. The van der Waals surface area contributed by atoms with Crippen molar-refractivity contribution < 1.29 is 13.6 Å². The largest absolute Gasteiger partial charge is 0.435 e. The van der Waals surface area contributed by atoms with Gasteiger partial charge in [-0.05, 0) is 25.1 Å². The number of aromatic nitrogens is 5. The minimum atomic E-state index is -0.649. The van der Waals surface area contributed by atoms with E-state index in [2.05, 4.69) is 20.1 Å². The molecule has 1 N–H and O–H groups in total. The van der Waals surface area contributed by atoms with E-state index >= 15 is 0 Å². The lowest BCUT2D eigenvalue weighted by Gasteiger charge is -2.32. The molecule has 5 rings (SSSR count). The average molecular weight is 380 g/mol. The molecule has 1 aliphatic heterocycles. The molecule has 8 nitrogen and oxygen atoms in total. The van der Waals surface area contributed by atoms with E-state index in [0.717, 1.165) is 11.4 Å². The molecule has 9 heteroatoms. The number of hydrogen-bond acceptors (Lipinski definition) is 5. The van der Waals surface area contributed by atoms with E-state index in [1.165, 1.54) is 6.07 Å². The SMILES string of the molecule is Cc1cc(C(=O)N2CCc3[nH]cnc3[C@H]2c2nc3cccc(F)c3o2)n(C)n1. The monoisotopic (exact) mass is 380 g/mol. The van der Waals surface area contributed by atoms with Gasteiger partial charge < -0.3 is 14.3 Å². The highest BCUT2D eigenvalue weighted by Crippen LogP contribution is 2.35. The maximum Gasteiger partial charge on any atom is 0.273 e. The zero-order valence-corrected chi connectivity index (χ0v) is 15.3. The summed E-state index contributed by atoms with van der Waals surface area (Å²) in [5.74, 6) is -0.459. The highest BCUT2D eigenvalue weighted by molar-refractivity contribution is 5.93. The number of carbonyl (C=O) groups excluding carboxylic acids is 1. The molecule has 0 spiro atoms. The molecule has 28 heavy (non-hydrogen) atoms. The molecule has 1 atom stereocenters. The van der Waals surface area contributed by atoms with Crippen LogP contribution in [0.15, 0.2) is 35.0 Å². The van der Waals surface area contributed by atoms with E-state index in [9.17, 15) is 9.18 Å². The number of rotatable bonds is 2. The Morgan fingerprint density at radius 1 is 1.39 bits per heavy atom. The number of nitrogens with zero attached hydrogens (tertiary/aromatic N) is 5. The molecule has 1 amide bonds. The normalized spacial score (nSPS) is 16.5. The molecule has 1 aromatic carbocycles. The number of amides is 1. The number of imidazole rings is 1. The second-order valence-corrected chi connectivity index (χ2v) is 6.85. The van der Waals surface area contributed by atoms with Crippen LogP contribution in [0.1, 0.15) is 39.5 Å². The van der Waals surface area contributed by atoms with Crippen LogP contribution in [0.4, 0.5) is 4.39 Å². The van der Waals surface area contributed by atoms with Crippen molar-refractivity contribution in [1.82, 2.24) is 29.6 Å². The summed E-state index contributed by atoms with van der Waals surface area (Å²) in [6, 6.07) is 5.66. The van der Waals surface area contributed by atoms with E-state index in [0.29, 0.717) is 29.9 Å². The van der Waals surface area contributed by atoms with Crippen LogP contribution in [0.5, 0.6) is 0 Å². The minimum Gasteiger partial charge on any atom is -0.435 e. The Kier molecular flexibility index (Phi) is 3.58. The second kappa shape index (κ2) is 6.01. The van der Waals surface area contributed by atoms with E-state index in [1.807, 2.05) is 6.92 Å². The van der Waals surface area contributed by atoms with Crippen molar-refractivity contribution >= 4 is 17.0 Å². The van der Waals surface area contributed by atoms with Gasteiger partial charge in [-0.3, -0.25) is 9.48 Å². The van der Waals surface area contributed by atoms with Gasteiger partial charge >= 0.3 is 0 Å². The number of halogens is 1. The van der Waals surface area contributed by atoms with Gasteiger partial charge in [-0.2, -0.15) is 5.10 Å². The Labute approximate surface area is 159 Å². The Bertz CT molecular complexity index is 1210. The quantitative estimate of drug-likeness (QED) is 0.577. The molecule has 4 aromatic rings. The summed E-state index contributed by atoms with van der Waals surface area (Å²) in [5, 5.41) is 4.26. The third kappa shape index (κ3) is 2.43. The van der Waals surface area contributed by atoms with Gasteiger partial charge in [0, 0.05) is 25.7 Å². The van der Waals surface area contributed by atoms with Crippen LogP contribution in [-0.4, -0.2) is 42.1 Å². The lowest BCUT2D eigenvalue weighted by Crippen LogP contribution is -2.41. The summed E-state index contributed by atoms with van der Waals surface area (Å²) < 4.78 is 21.4. The molecule has 0 saturated heterocycles. The molecule has 4 heterocycles. The molecule has 0 unspecified atom stereocenters. The fourth-order valence-electron chi connectivity index (χ4n) is 3.75. The number of aromatic amines is 1. The average Bonchev–Trinajstić information content (AvgIpc) is 3.38. The van der Waals surface area contributed by atoms with Crippen molar-refractivity contribution in [3.63, 3.8) is 0 Å². The summed E-state index contributed by atoms with van der Waals surface area (Å²) in [7, 11) is 1.73. The summed E-state index contributed by atoms with van der Waals surface area (Å²) in [4.78, 5) is 26.9. The predicted octanol–water partition coefficient (Wildman–Crippen LogP) is 2.52. The number of H-pyrrole nitrogens is 1. The van der Waals surface area contributed by atoms with E-state index in [1.54, 1.807) is 41.2 Å². The van der Waals surface area contributed by atoms with Crippen LogP contribution in [-0.2, 0) is 13.5 Å². The summed E-state index contributed by atoms with van der Waals surface area (Å²) in [5.41, 5.74) is 3.27. The van der Waals surface area contributed by atoms with Crippen molar-refractivity contribution in [3.05, 3.63) is 65.1 Å². The van der Waals surface area contributed by atoms with Crippen molar-refractivity contribution in [1.29, 1.82) is 0 Å². The van der Waals surface area contributed by atoms with E-state index < -0.39 is 11.9 Å². The van der Waals surface area contributed by atoms with E-state index in [-0.39, 0.29) is 17.4 Å². The highest BCUT2D eigenvalue weighted by Gasteiger charge is 2.38. The number of hydrogen-bond donors (Lipinski definition) is 1. The first-order valence-electron chi connectivity index (χ1n) is 8.91. The lowest BCUT2D eigenvalue weighted by atomic mass is 10.0. The fraction of sp³-hybridized carbons (Fsp3) is 0.263. The molecule has 1 aliphatic rings. The van der Waals surface area contributed by atoms with Gasteiger partial charge in [0.25, 0.3) is 5.91 Å². The standard InChI is InChI=1S/C19H17FN6O2/c1-10-8-14(25(2)24-10)19(27)26-7-6-12-15(22-9-21-12)16(26)18-23-13-5-3-4-11(20)17(13)28-18/h3-5,8-9,16H,6-7H2,1-2H3,(H,21,22)/t16-/m0/s1. The van der Waals surface area contributed by atoms with Gasteiger partial charge in [0.05, 0.1) is 17.7 Å². The summed E-state index contributed by atoms with van der Waals surface area (Å²) in [6.45, 7) is 2.28. The molecule has 0 radical (unpaired) electrons.